The lowest BCUT2D eigenvalue weighted by Gasteiger charge is -2.14. The number of nitrogens with two attached hydrogens (primary N) is 1. The van der Waals surface area contributed by atoms with E-state index in [9.17, 15) is 0 Å². The molecule has 1 aromatic rings. The quantitative estimate of drug-likeness (QED) is 0.448. The standard InChI is InChI=1S/C7H10N4O/c8-11-7-9-3-5-4-12-2-1-6(5)10-7/h3H,1-2,4,8H2,(H,9,10,11). The third-order valence-electron chi connectivity index (χ3n) is 1.82. The van der Waals surface area contributed by atoms with E-state index in [2.05, 4.69) is 15.4 Å². The van der Waals surface area contributed by atoms with Crippen molar-refractivity contribution in [3.05, 3.63) is 17.5 Å². The molecule has 2 heterocycles. The Morgan fingerprint density at radius 2 is 2.50 bits per heavy atom. The molecule has 0 fully saturated rings. The van der Waals surface area contributed by atoms with E-state index in [0.29, 0.717) is 12.6 Å². The molecule has 12 heavy (non-hydrogen) atoms. The number of aromatic nitrogens is 2. The van der Waals surface area contributed by atoms with Gasteiger partial charge in [-0.2, -0.15) is 0 Å². The molecule has 0 bridgehead atoms. The normalized spacial score (nSPS) is 15.4. The molecule has 64 valence electrons. The first-order valence-electron chi connectivity index (χ1n) is 3.79. The minimum atomic E-state index is 0.468. The van der Waals surface area contributed by atoms with Crippen LogP contribution in [-0.2, 0) is 17.8 Å². The highest BCUT2D eigenvalue weighted by atomic mass is 16.5. The van der Waals surface area contributed by atoms with E-state index in [1.54, 1.807) is 6.20 Å². The fourth-order valence-corrected chi connectivity index (χ4v) is 1.20. The predicted molar refractivity (Wildman–Crippen MR) is 43.2 cm³/mol. The molecule has 0 aromatic carbocycles. The molecule has 0 unspecified atom stereocenters. The van der Waals surface area contributed by atoms with Gasteiger partial charge in [-0.05, 0) is 0 Å². The highest BCUT2D eigenvalue weighted by Crippen LogP contribution is 2.14. The van der Waals surface area contributed by atoms with Crippen molar-refractivity contribution in [2.24, 2.45) is 5.84 Å². The minimum Gasteiger partial charge on any atom is -0.376 e. The van der Waals surface area contributed by atoms with Gasteiger partial charge < -0.3 is 4.74 Å². The van der Waals surface area contributed by atoms with E-state index in [1.807, 2.05) is 0 Å². The third-order valence-corrected chi connectivity index (χ3v) is 1.82. The fourth-order valence-electron chi connectivity index (χ4n) is 1.20. The van der Waals surface area contributed by atoms with Crippen molar-refractivity contribution in [1.82, 2.24) is 9.97 Å². The first-order chi connectivity index (χ1) is 5.90. The molecule has 5 nitrogen and oxygen atoms in total. The molecular formula is C7H10N4O. The van der Waals surface area contributed by atoms with Crippen molar-refractivity contribution in [3.63, 3.8) is 0 Å². The fraction of sp³-hybridized carbons (Fsp3) is 0.429. The van der Waals surface area contributed by atoms with Gasteiger partial charge in [0.25, 0.3) is 0 Å². The number of hydrogen-bond donors (Lipinski definition) is 2. The highest BCUT2D eigenvalue weighted by Gasteiger charge is 2.11. The zero-order chi connectivity index (χ0) is 8.39. The van der Waals surface area contributed by atoms with Crippen LogP contribution in [0.15, 0.2) is 6.20 Å². The molecule has 1 aromatic heterocycles. The number of hydrogen-bond acceptors (Lipinski definition) is 5. The summed E-state index contributed by atoms with van der Waals surface area (Å²) < 4.78 is 5.24. The van der Waals surface area contributed by atoms with Crippen LogP contribution in [0, 0.1) is 0 Å². The minimum absolute atomic E-state index is 0.468. The summed E-state index contributed by atoms with van der Waals surface area (Å²) in [6, 6.07) is 0. The van der Waals surface area contributed by atoms with Gasteiger partial charge in [-0.15, -0.1) is 0 Å². The lowest BCUT2D eigenvalue weighted by molar-refractivity contribution is 0.109. The van der Waals surface area contributed by atoms with Gasteiger partial charge in [0.1, 0.15) is 0 Å². The summed E-state index contributed by atoms with van der Waals surface area (Å²) >= 11 is 0. The Morgan fingerprint density at radius 1 is 1.58 bits per heavy atom. The molecule has 0 atom stereocenters. The van der Waals surface area contributed by atoms with Gasteiger partial charge in [0.2, 0.25) is 5.95 Å². The first-order valence-corrected chi connectivity index (χ1v) is 3.79. The van der Waals surface area contributed by atoms with Crippen LogP contribution in [0.25, 0.3) is 0 Å². The number of nitrogen functional groups attached to an aromatic ring is 1. The molecule has 0 saturated carbocycles. The van der Waals surface area contributed by atoms with E-state index >= 15 is 0 Å². The van der Waals surface area contributed by atoms with Crippen LogP contribution in [-0.4, -0.2) is 16.6 Å². The van der Waals surface area contributed by atoms with E-state index in [1.165, 1.54) is 0 Å². The van der Waals surface area contributed by atoms with Gasteiger partial charge in [-0.1, -0.05) is 0 Å². The zero-order valence-corrected chi connectivity index (χ0v) is 6.58. The van der Waals surface area contributed by atoms with Gasteiger partial charge in [-0.25, -0.2) is 15.8 Å². The van der Waals surface area contributed by atoms with Crippen LogP contribution in [0.2, 0.25) is 0 Å². The Hall–Kier alpha value is -1.20. The average Bonchev–Trinajstić information content (AvgIpc) is 2.17. The average molecular weight is 166 g/mol. The van der Waals surface area contributed by atoms with Crippen molar-refractivity contribution >= 4 is 5.95 Å². The molecular weight excluding hydrogens is 156 g/mol. The number of nitrogens with zero attached hydrogens (tertiary/aromatic N) is 2. The van der Waals surface area contributed by atoms with E-state index in [4.69, 9.17) is 10.6 Å². The molecule has 2 rings (SSSR count). The second kappa shape index (κ2) is 3.04. The summed E-state index contributed by atoms with van der Waals surface area (Å²) in [5, 5.41) is 0. The maximum Gasteiger partial charge on any atom is 0.237 e. The van der Waals surface area contributed by atoms with Crippen LogP contribution in [0.1, 0.15) is 11.3 Å². The van der Waals surface area contributed by atoms with Gasteiger partial charge in [0.05, 0.1) is 18.9 Å². The summed E-state index contributed by atoms with van der Waals surface area (Å²) in [5.74, 6) is 5.64. The van der Waals surface area contributed by atoms with Crippen LogP contribution >= 0.6 is 0 Å². The Balaban J connectivity index is 2.36. The number of rotatable bonds is 1. The maximum absolute atomic E-state index is 5.24. The summed E-state index contributed by atoms with van der Waals surface area (Å²) in [4.78, 5) is 8.19. The molecule has 1 aliphatic rings. The van der Waals surface area contributed by atoms with Crippen LogP contribution in [0.5, 0.6) is 0 Å². The van der Waals surface area contributed by atoms with E-state index in [0.717, 1.165) is 24.3 Å². The topological polar surface area (TPSA) is 73.1 Å². The Bertz CT molecular complexity index is 289. The number of fused-ring (bicyclic) bond motifs is 1. The first kappa shape index (κ1) is 7.45. The Kier molecular flexibility index (Phi) is 1.89. The summed E-state index contributed by atoms with van der Waals surface area (Å²) in [6.07, 6.45) is 2.59. The highest BCUT2D eigenvalue weighted by molar-refractivity contribution is 5.28. The van der Waals surface area contributed by atoms with Gasteiger partial charge in [-0.3, -0.25) is 5.43 Å². The largest absolute Gasteiger partial charge is 0.376 e. The number of ether oxygens (including phenoxy) is 1. The zero-order valence-electron chi connectivity index (χ0n) is 6.58. The number of hydrazine groups is 1. The maximum atomic E-state index is 5.24. The Morgan fingerprint density at radius 3 is 3.33 bits per heavy atom. The smallest absolute Gasteiger partial charge is 0.237 e. The molecule has 0 aliphatic carbocycles. The molecule has 0 spiro atoms. The van der Waals surface area contributed by atoms with Crippen molar-refractivity contribution in [1.29, 1.82) is 0 Å². The van der Waals surface area contributed by atoms with Crippen molar-refractivity contribution < 1.29 is 4.74 Å². The van der Waals surface area contributed by atoms with Gasteiger partial charge in [0.15, 0.2) is 0 Å². The van der Waals surface area contributed by atoms with E-state index < -0.39 is 0 Å². The lowest BCUT2D eigenvalue weighted by Crippen LogP contribution is -2.16. The van der Waals surface area contributed by atoms with E-state index in [-0.39, 0.29) is 0 Å². The second-order valence-electron chi connectivity index (χ2n) is 2.61. The summed E-state index contributed by atoms with van der Waals surface area (Å²) in [7, 11) is 0. The number of anilines is 1. The molecule has 0 amide bonds. The van der Waals surface area contributed by atoms with Crippen molar-refractivity contribution in [3.8, 4) is 0 Å². The SMILES string of the molecule is NNc1ncc2c(n1)CCOC2. The Labute approximate surface area is 69.9 Å². The van der Waals surface area contributed by atoms with Gasteiger partial charge >= 0.3 is 0 Å². The molecule has 1 aliphatic heterocycles. The van der Waals surface area contributed by atoms with Gasteiger partial charge in [0, 0.05) is 18.2 Å². The van der Waals surface area contributed by atoms with Crippen LogP contribution < -0.4 is 11.3 Å². The summed E-state index contributed by atoms with van der Waals surface area (Å²) in [5.41, 5.74) is 4.50. The van der Waals surface area contributed by atoms with Crippen LogP contribution in [0.4, 0.5) is 5.95 Å². The molecule has 5 heteroatoms. The summed E-state index contributed by atoms with van der Waals surface area (Å²) in [6.45, 7) is 1.34. The lowest BCUT2D eigenvalue weighted by atomic mass is 10.1. The van der Waals surface area contributed by atoms with Crippen molar-refractivity contribution in [2.45, 2.75) is 13.0 Å². The predicted octanol–water partition coefficient (Wildman–Crippen LogP) is -0.165. The molecule has 0 saturated heterocycles. The monoisotopic (exact) mass is 166 g/mol. The number of nitrogens with one attached hydrogen (secondary N) is 1. The van der Waals surface area contributed by atoms with Crippen molar-refractivity contribution in [2.75, 3.05) is 12.0 Å². The third kappa shape index (κ3) is 1.24. The van der Waals surface area contributed by atoms with Crippen LogP contribution in [0.3, 0.4) is 0 Å². The molecule has 0 radical (unpaired) electrons. The molecule has 3 N–H and O–H groups in total. The second-order valence-corrected chi connectivity index (χ2v) is 2.61.